The Morgan fingerprint density at radius 1 is 1.59 bits per heavy atom. The molecular weight excluding hydrogens is 242 g/mol. The van der Waals surface area contributed by atoms with Gasteiger partial charge in [-0.1, -0.05) is 17.7 Å². The number of carboxylic acids is 1. The van der Waals surface area contributed by atoms with Crippen LogP contribution in [0.4, 0.5) is 0 Å². The summed E-state index contributed by atoms with van der Waals surface area (Å²) in [5.74, 6) is 0.154. The molecule has 0 spiro atoms. The number of carboxylic acid groups (broad SMARTS) is 1. The van der Waals surface area contributed by atoms with E-state index in [-0.39, 0.29) is 5.92 Å². The minimum absolute atomic E-state index is 0.232. The highest BCUT2D eigenvalue weighted by Gasteiger charge is 2.29. The predicted octanol–water partition coefficient (Wildman–Crippen LogP) is 1.78. The maximum atomic E-state index is 10.7. The van der Waals surface area contributed by atoms with Crippen molar-refractivity contribution in [1.82, 2.24) is 5.32 Å². The molecular formula is C12H14ClNO3. The van der Waals surface area contributed by atoms with Crippen molar-refractivity contribution in [2.24, 2.45) is 5.92 Å². The van der Waals surface area contributed by atoms with E-state index in [9.17, 15) is 4.79 Å². The average molecular weight is 256 g/mol. The quantitative estimate of drug-likeness (QED) is 0.861. The molecule has 0 saturated carbocycles. The van der Waals surface area contributed by atoms with E-state index in [1.54, 1.807) is 12.1 Å². The van der Waals surface area contributed by atoms with Crippen molar-refractivity contribution >= 4 is 17.6 Å². The molecule has 0 bridgehead atoms. The molecule has 5 heteroatoms. The molecule has 0 radical (unpaired) electrons. The molecule has 2 rings (SSSR count). The topological polar surface area (TPSA) is 58.6 Å². The van der Waals surface area contributed by atoms with Gasteiger partial charge in [0.2, 0.25) is 0 Å². The van der Waals surface area contributed by atoms with Gasteiger partial charge in [-0.25, -0.2) is 0 Å². The van der Waals surface area contributed by atoms with Crippen LogP contribution >= 0.6 is 11.6 Å². The summed E-state index contributed by atoms with van der Waals surface area (Å²) in [7, 11) is 0. The number of ether oxygens (including phenoxy) is 1. The van der Waals surface area contributed by atoms with Crippen molar-refractivity contribution in [3.8, 4) is 5.75 Å². The number of hydrogen-bond donors (Lipinski definition) is 2. The Labute approximate surface area is 105 Å². The van der Waals surface area contributed by atoms with Crippen LogP contribution in [0.3, 0.4) is 0 Å². The summed E-state index contributed by atoms with van der Waals surface area (Å²) in [4.78, 5) is 10.7. The molecule has 0 amide bonds. The number of benzene rings is 1. The SMILES string of the molecule is O=C(O)[C@@H]1C[C@H](COc2cccc(Cl)c2)CN1. The monoisotopic (exact) mass is 255 g/mol. The van der Waals surface area contributed by atoms with E-state index >= 15 is 0 Å². The summed E-state index contributed by atoms with van der Waals surface area (Å²) in [5.41, 5.74) is 0. The zero-order valence-electron chi connectivity index (χ0n) is 9.23. The molecule has 1 saturated heterocycles. The fourth-order valence-electron chi connectivity index (χ4n) is 1.89. The minimum Gasteiger partial charge on any atom is -0.493 e. The van der Waals surface area contributed by atoms with E-state index in [4.69, 9.17) is 21.4 Å². The third-order valence-corrected chi connectivity index (χ3v) is 3.04. The van der Waals surface area contributed by atoms with Crippen LogP contribution in [0, 0.1) is 5.92 Å². The van der Waals surface area contributed by atoms with Gasteiger partial charge in [-0.3, -0.25) is 4.79 Å². The van der Waals surface area contributed by atoms with Crippen LogP contribution in [-0.2, 0) is 4.79 Å². The number of carbonyl (C=O) groups is 1. The van der Waals surface area contributed by atoms with Gasteiger partial charge in [0.15, 0.2) is 0 Å². The van der Waals surface area contributed by atoms with Gasteiger partial charge >= 0.3 is 5.97 Å². The molecule has 2 atom stereocenters. The Morgan fingerprint density at radius 3 is 3.06 bits per heavy atom. The maximum Gasteiger partial charge on any atom is 0.320 e. The van der Waals surface area contributed by atoms with Crippen molar-refractivity contribution in [2.45, 2.75) is 12.5 Å². The van der Waals surface area contributed by atoms with Crippen molar-refractivity contribution in [3.63, 3.8) is 0 Å². The fraction of sp³-hybridized carbons (Fsp3) is 0.417. The van der Waals surface area contributed by atoms with Gasteiger partial charge in [0.25, 0.3) is 0 Å². The van der Waals surface area contributed by atoms with E-state index in [1.165, 1.54) is 0 Å². The van der Waals surface area contributed by atoms with Gasteiger partial charge in [-0.2, -0.15) is 0 Å². The number of aliphatic carboxylic acids is 1. The Kier molecular flexibility index (Phi) is 3.86. The van der Waals surface area contributed by atoms with Gasteiger partial charge in [-0.05, 0) is 24.6 Å². The van der Waals surface area contributed by atoms with Crippen LogP contribution in [0.1, 0.15) is 6.42 Å². The van der Waals surface area contributed by atoms with Crippen LogP contribution in [-0.4, -0.2) is 30.3 Å². The van der Waals surface area contributed by atoms with E-state index in [2.05, 4.69) is 5.32 Å². The van der Waals surface area contributed by atoms with E-state index in [0.717, 1.165) is 5.75 Å². The number of hydrogen-bond acceptors (Lipinski definition) is 3. The average Bonchev–Trinajstić information content (AvgIpc) is 2.75. The van der Waals surface area contributed by atoms with Gasteiger partial charge in [0.1, 0.15) is 11.8 Å². The number of rotatable bonds is 4. The third-order valence-electron chi connectivity index (χ3n) is 2.80. The fourth-order valence-corrected chi connectivity index (χ4v) is 2.08. The molecule has 2 N–H and O–H groups in total. The Hall–Kier alpha value is -1.26. The van der Waals surface area contributed by atoms with Crippen LogP contribution in [0.2, 0.25) is 5.02 Å². The van der Waals surface area contributed by atoms with Gasteiger partial charge < -0.3 is 15.2 Å². The van der Waals surface area contributed by atoms with Gasteiger partial charge in [0.05, 0.1) is 6.61 Å². The Bertz CT molecular complexity index is 410. The van der Waals surface area contributed by atoms with Crippen LogP contribution < -0.4 is 10.1 Å². The van der Waals surface area contributed by atoms with Gasteiger partial charge in [0, 0.05) is 17.5 Å². The summed E-state index contributed by atoms with van der Waals surface area (Å²) < 4.78 is 5.58. The van der Waals surface area contributed by atoms with Crippen LogP contribution in [0.15, 0.2) is 24.3 Å². The van der Waals surface area contributed by atoms with E-state index in [1.807, 2.05) is 12.1 Å². The van der Waals surface area contributed by atoms with E-state index in [0.29, 0.717) is 24.6 Å². The molecule has 1 aliphatic heterocycles. The first-order chi connectivity index (χ1) is 8.15. The molecule has 0 aliphatic carbocycles. The lowest BCUT2D eigenvalue weighted by molar-refractivity contribution is -0.139. The number of nitrogens with one attached hydrogen (secondary N) is 1. The molecule has 1 fully saturated rings. The summed E-state index contributed by atoms with van der Waals surface area (Å²) >= 11 is 5.83. The lowest BCUT2D eigenvalue weighted by atomic mass is 10.1. The standard InChI is InChI=1S/C12H14ClNO3/c13-9-2-1-3-10(5-9)17-7-8-4-11(12(15)16)14-6-8/h1-3,5,8,11,14H,4,6-7H2,(H,15,16)/t8-,11-/m0/s1. The molecule has 17 heavy (non-hydrogen) atoms. The molecule has 1 aromatic rings. The third kappa shape index (κ3) is 3.35. The Balaban J connectivity index is 1.82. The van der Waals surface area contributed by atoms with Crippen LogP contribution in [0.25, 0.3) is 0 Å². The minimum atomic E-state index is -0.796. The summed E-state index contributed by atoms with van der Waals surface area (Å²) in [6, 6.07) is 6.75. The zero-order chi connectivity index (χ0) is 12.3. The maximum absolute atomic E-state index is 10.7. The highest BCUT2D eigenvalue weighted by molar-refractivity contribution is 6.30. The smallest absolute Gasteiger partial charge is 0.320 e. The lowest BCUT2D eigenvalue weighted by Gasteiger charge is -2.11. The summed E-state index contributed by atoms with van der Waals surface area (Å²) in [6.07, 6.45) is 0.607. The molecule has 1 aliphatic rings. The molecule has 0 aromatic heterocycles. The molecule has 1 heterocycles. The summed E-state index contributed by atoms with van der Waals surface area (Å²) in [6.45, 7) is 1.19. The number of halogens is 1. The molecule has 4 nitrogen and oxygen atoms in total. The first kappa shape index (κ1) is 12.2. The van der Waals surface area contributed by atoms with Crippen molar-refractivity contribution in [3.05, 3.63) is 29.3 Å². The second-order valence-corrected chi connectivity index (χ2v) is 4.61. The zero-order valence-corrected chi connectivity index (χ0v) is 9.98. The molecule has 1 aromatic carbocycles. The first-order valence-electron chi connectivity index (χ1n) is 5.49. The van der Waals surface area contributed by atoms with Gasteiger partial charge in [-0.15, -0.1) is 0 Å². The van der Waals surface area contributed by atoms with E-state index < -0.39 is 12.0 Å². The highest BCUT2D eigenvalue weighted by atomic mass is 35.5. The largest absolute Gasteiger partial charge is 0.493 e. The Morgan fingerprint density at radius 2 is 2.41 bits per heavy atom. The van der Waals surface area contributed by atoms with Crippen LogP contribution in [0.5, 0.6) is 5.75 Å². The lowest BCUT2D eigenvalue weighted by Crippen LogP contribution is -2.29. The molecule has 92 valence electrons. The highest BCUT2D eigenvalue weighted by Crippen LogP contribution is 2.20. The van der Waals surface area contributed by atoms with Crippen molar-refractivity contribution in [2.75, 3.05) is 13.2 Å². The van der Waals surface area contributed by atoms with Crippen molar-refractivity contribution < 1.29 is 14.6 Å². The summed E-state index contributed by atoms with van der Waals surface area (Å²) in [5, 5.41) is 12.4. The predicted molar refractivity (Wildman–Crippen MR) is 64.5 cm³/mol. The normalized spacial score (nSPS) is 23.6. The van der Waals surface area contributed by atoms with Crippen molar-refractivity contribution in [1.29, 1.82) is 0 Å². The first-order valence-corrected chi connectivity index (χ1v) is 5.87. The molecule has 0 unspecified atom stereocenters. The second-order valence-electron chi connectivity index (χ2n) is 4.17. The second kappa shape index (κ2) is 5.38.